The van der Waals surface area contributed by atoms with Gasteiger partial charge in [0.25, 0.3) is 0 Å². The van der Waals surface area contributed by atoms with Gasteiger partial charge in [-0.2, -0.15) is 0 Å². The van der Waals surface area contributed by atoms with Gasteiger partial charge in [-0.05, 0) is 92.9 Å². The molecule has 4 aromatic carbocycles. The van der Waals surface area contributed by atoms with Crippen LogP contribution < -0.4 is 10.5 Å². The molecular weight excluding hydrogens is 512 g/mol. The molecule has 3 atom stereocenters. The quantitative estimate of drug-likeness (QED) is 0.123. The minimum Gasteiger partial charge on any atom is -0.494 e. The summed E-state index contributed by atoms with van der Waals surface area (Å²) in [7, 11) is 0. The molecule has 0 aliphatic rings. The van der Waals surface area contributed by atoms with Crippen molar-refractivity contribution < 1.29 is 4.74 Å². The topological polar surface area (TPSA) is 38.5 Å². The van der Waals surface area contributed by atoms with Crippen molar-refractivity contribution in [1.82, 2.24) is 4.90 Å². The zero-order chi connectivity index (χ0) is 29.4. The van der Waals surface area contributed by atoms with Crippen molar-refractivity contribution in [3.05, 3.63) is 138 Å². The van der Waals surface area contributed by atoms with Gasteiger partial charge in [-0.1, -0.05) is 116 Å². The van der Waals surface area contributed by atoms with Crippen LogP contribution in [0.1, 0.15) is 74.1 Å². The van der Waals surface area contributed by atoms with Crippen LogP contribution in [0.15, 0.2) is 115 Å². The maximum atomic E-state index is 7.09. The summed E-state index contributed by atoms with van der Waals surface area (Å²) in [6, 6.07) is 41.7. The SMILES string of the molecule is CCOc1ccc(C(c2ccccc2)C(C(N)CC)N(CCCCCc2ccccc2)CCCc2ccccc2)cc1. The van der Waals surface area contributed by atoms with E-state index in [-0.39, 0.29) is 18.0 Å². The Hall–Kier alpha value is -3.40. The summed E-state index contributed by atoms with van der Waals surface area (Å²) >= 11 is 0. The molecule has 0 amide bonds. The number of hydrogen-bond acceptors (Lipinski definition) is 3. The van der Waals surface area contributed by atoms with E-state index in [0.29, 0.717) is 6.61 Å². The van der Waals surface area contributed by atoms with Gasteiger partial charge < -0.3 is 10.5 Å². The Balaban J connectivity index is 1.58. The largest absolute Gasteiger partial charge is 0.494 e. The Kier molecular flexibility index (Phi) is 13.2. The molecule has 0 bridgehead atoms. The highest BCUT2D eigenvalue weighted by molar-refractivity contribution is 5.38. The molecule has 0 radical (unpaired) electrons. The molecule has 3 unspecified atom stereocenters. The molecular formula is C39H50N2O. The minimum atomic E-state index is 0.0582. The first-order valence-electron chi connectivity index (χ1n) is 16.0. The average Bonchev–Trinajstić information content (AvgIpc) is 3.04. The molecule has 42 heavy (non-hydrogen) atoms. The highest BCUT2D eigenvalue weighted by Gasteiger charge is 2.33. The number of nitrogens with zero attached hydrogens (tertiary/aromatic N) is 1. The van der Waals surface area contributed by atoms with E-state index >= 15 is 0 Å². The molecule has 0 aromatic heterocycles. The van der Waals surface area contributed by atoms with Crippen molar-refractivity contribution in [2.24, 2.45) is 5.73 Å². The third kappa shape index (κ3) is 9.58. The first kappa shape index (κ1) is 31.5. The van der Waals surface area contributed by atoms with Gasteiger partial charge in [0.2, 0.25) is 0 Å². The fourth-order valence-electron chi connectivity index (χ4n) is 6.16. The molecule has 0 aliphatic heterocycles. The fourth-order valence-corrected chi connectivity index (χ4v) is 6.16. The summed E-state index contributed by atoms with van der Waals surface area (Å²) in [5.74, 6) is 1.10. The second-order valence-corrected chi connectivity index (χ2v) is 11.4. The van der Waals surface area contributed by atoms with Gasteiger partial charge in [-0.25, -0.2) is 0 Å². The summed E-state index contributed by atoms with van der Waals surface area (Å²) in [4.78, 5) is 2.73. The third-order valence-electron chi connectivity index (χ3n) is 8.39. The number of rotatable bonds is 18. The minimum absolute atomic E-state index is 0.0582. The highest BCUT2D eigenvalue weighted by atomic mass is 16.5. The summed E-state index contributed by atoms with van der Waals surface area (Å²) < 4.78 is 5.79. The number of unbranched alkanes of at least 4 members (excludes halogenated alkanes) is 2. The molecule has 3 nitrogen and oxygen atoms in total. The molecule has 0 spiro atoms. The van der Waals surface area contributed by atoms with Crippen LogP contribution in [0.3, 0.4) is 0 Å². The van der Waals surface area contributed by atoms with Crippen molar-refractivity contribution in [1.29, 1.82) is 0 Å². The van der Waals surface area contributed by atoms with E-state index in [2.05, 4.69) is 127 Å². The van der Waals surface area contributed by atoms with E-state index in [1.165, 1.54) is 41.5 Å². The van der Waals surface area contributed by atoms with Gasteiger partial charge in [-0.15, -0.1) is 0 Å². The maximum absolute atomic E-state index is 7.09. The lowest BCUT2D eigenvalue weighted by molar-refractivity contribution is 0.148. The lowest BCUT2D eigenvalue weighted by Crippen LogP contribution is -2.52. The van der Waals surface area contributed by atoms with Crippen LogP contribution in [0.4, 0.5) is 0 Å². The maximum Gasteiger partial charge on any atom is 0.119 e. The molecule has 0 fully saturated rings. The molecule has 0 aliphatic carbocycles. The smallest absolute Gasteiger partial charge is 0.119 e. The van der Waals surface area contributed by atoms with Crippen molar-refractivity contribution in [2.45, 2.75) is 76.8 Å². The lowest BCUT2D eigenvalue weighted by atomic mass is 9.80. The zero-order valence-corrected chi connectivity index (χ0v) is 25.7. The van der Waals surface area contributed by atoms with Gasteiger partial charge in [0.15, 0.2) is 0 Å². The van der Waals surface area contributed by atoms with Gasteiger partial charge >= 0.3 is 0 Å². The molecule has 4 rings (SSSR count). The second-order valence-electron chi connectivity index (χ2n) is 11.4. The highest BCUT2D eigenvalue weighted by Crippen LogP contribution is 2.34. The van der Waals surface area contributed by atoms with Crippen molar-refractivity contribution in [3.8, 4) is 5.75 Å². The van der Waals surface area contributed by atoms with Crippen molar-refractivity contribution >= 4 is 0 Å². The Bertz CT molecular complexity index is 1240. The predicted molar refractivity (Wildman–Crippen MR) is 178 cm³/mol. The summed E-state index contributed by atoms with van der Waals surface area (Å²) in [6.07, 6.45) is 7.89. The Morgan fingerprint density at radius 3 is 1.69 bits per heavy atom. The fraction of sp³-hybridized carbons (Fsp3) is 0.385. The first-order chi connectivity index (χ1) is 20.7. The van der Waals surface area contributed by atoms with Crippen LogP contribution >= 0.6 is 0 Å². The van der Waals surface area contributed by atoms with Gasteiger partial charge in [0.1, 0.15) is 5.75 Å². The van der Waals surface area contributed by atoms with E-state index in [1.807, 2.05) is 6.92 Å². The van der Waals surface area contributed by atoms with Crippen molar-refractivity contribution in [2.75, 3.05) is 19.7 Å². The van der Waals surface area contributed by atoms with E-state index in [0.717, 1.165) is 44.5 Å². The molecule has 0 heterocycles. The predicted octanol–water partition coefficient (Wildman–Crippen LogP) is 8.67. The second kappa shape index (κ2) is 17.5. The molecule has 2 N–H and O–H groups in total. The van der Waals surface area contributed by atoms with Crippen molar-refractivity contribution in [3.63, 3.8) is 0 Å². The number of nitrogens with two attached hydrogens (primary N) is 1. The number of aryl methyl sites for hydroxylation is 2. The van der Waals surface area contributed by atoms with E-state index in [4.69, 9.17) is 10.5 Å². The van der Waals surface area contributed by atoms with Gasteiger partial charge in [0, 0.05) is 18.0 Å². The van der Waals surface area contributed by atoms with Gasteiger partial charge in [0.05, 0.1) is 6.61 Å². The van der Waals surface area contributed by atoms with E-state index in [1.54, 1.807) is 0 Å². The molecule has 4 aromatic rings. The van der Waals surface area contributed by atoms with Crippen LogP contribution in [-0.2, 0) is 12.8 Å². The molecule has 0 saturated heterocycles. The average molecular weight is 563 g/mol. The monoisotopic (exact) mass is 562 g/mol. The number of ether oxygens (including phenoxy) is 1. The standard InChI is InChI=1S/C39H50N2O/c1-3-37(40)39(38(34-24-14-7-15-25-34)35-26-28-36(29-27-35)42-4-2)41(31-17-23-33-20-11-6-12-21-33)30-16-8-13-22-32-18-9-5-10-19-32/h5-7,9-12,14-15,18-21,24-29,37-39H,3-4,8,13,16-17,22-23,30-31,40H2,1-2H3. The van der Waals surface area contributed by atoms with Crippen LogP contribution in [0.2, 0.25) is 0 Å². The molecule has 0 saturated carbocycles. The van der Waals surface area contributed by atoms with E-state index < -0.39 is 0 Å². The zero-order valence-electron chi connectivity index (χ0n) is 25.7. The summed E-state index contributed by atoms with van der Waals surface area (Å²) in [5, 5.41) is 0. The van der Waals surface area contributed by atoms with Gasteiger partial charge in [-0.3, -0.25) is 4.90 Å². The van der Waals surface area contributed by atoms with Crippen LogP contribution in [0, 0.1) is 0 Å². The van der Waals surface area contributed by atoms with Crippen LogP contribution in [-0.4, -0.2) is 36.7 Å². The summed E-state index contributed by atoms with van der Waals surface area (Å²) in [5.41, 5.74) is 12.6. The Morgan fingerprint density at radius 2 is 1.12 bits per heavy atom. The molecule has 222 valence electrons. The third-order valence-corrected chi connectivity index (χ3v) is 8.39. The first-order valence-corrected chi connectivity index (χ1v) is 16.0. The Labute approximate surface area is 254 Å². The van der Waals surface area contributed by atoms with Crippen LogP contribution in [0.5, 0.6) is 5.75 Å². The number of hydrogen-bond donors (Lipinski definition) is 1. The Morgan fingerprint density at radius 1 is 0.595 bits per heavy atom. The number of benzene rings is 4. The van der Waals surface area contributed by atoms with E-state index in [9.17, 15) is 0 Å². The lowest BCUT2D eigenvalue weighted by Gasteiger charge is -2.41. The summed E-state index contributed by atoms with van der Waals surface area (Å²) in [6.45, 7) is 7.03. The molecule has 3 heteroatoms. The normalized spacial score (nSPS) is 13.5. The van der Waals surface area contributed by atoms with Crippen LogP contribution in [0.25, 0.3) is 0 Å².